The molecule has 1 unspecified atom stereocenters. The zero-order valence-electron chi connectivity index (χ0n) is 19.3. The van der Waals surface area contributed by atoms with Crippen LogP contribution in [0.2, 0.25) is 0 Å². The first-order chi connectivity index (χ1) is 16.9. The van der Waals surface area contributed by atoms with Crippen molar-refractivity contribution in [2.24, 2.45) is 5.92 Å². The lowest BCUT2D eigenvalue weighted by molar-refractivity contribution is 0.0668. The number of allylic oxidation sites excluding steroid dienone is 1. The Bertz CT molecular complexity index is 1240. The minimum Gasteiger partial charge on any atom is -0.505 e. The summed E-state index contributed by atoms with van der Waals surface area (Å²) in [7, 11) is 0. The summed E-state index contributed by atoms with van der Waals surface area (Å²) in [5.41, 5.74) is 3.78. The fraction of sp³-hybridized carbons (Fsp3) is 0.286. The lowest BCUT2D eigenvalue weighted by Gasteiger charge is -2.37. The minimum absolute atomic E-state index is 0.152. The molecule has 5 rings (SSSR count). The van der Waals surface area contributed by atoms with E-state index in [-0.39, 0.29) is 18.4 Å². The first-order valence-corrected chi connectivity index (χ1v) is 11.6. The molecule has 0 aliphatic carbocycles. The topological polar surface area (TPSA) is 41.9 Å². The smallest absolute Gasteiger partial charge is 0.168 e. The third-order valence-corrected chi connectivity index (χ3v) is 6.63. The molecule has 2 aliphatic heterocycles. The highest BCUT2D eigenvalue weighted by Gasteiger charge is 2.30. The molecule has 1 fully saturated rings. The summed E-state index contributed by atoms with van der Waals surface area (Å²) < 4.78 is 52.4. The average molecular weight is 482 g/mol. The van der Waals surface area contributed by atoms with Gasteiger partial charge in [-0.25, -0.2) is 8.78 Å². The van der Waals surface area contributed by atoms with Crippen LogP contribution in [0, 0.1) is 17.6 Å². The SMILES string of the molecule is CC1=C(c2ccc(F)cc2)C(c2ccc(OCCN3CC(CF)C3)cc2)Oc2cc(F)c(O)cc21. The van der Waals surface area contributed by atoms with Crippen molar-refractivity contribution in [3.05, 3.63) is 89.0 Å². The van der Waals surface area contributed by atoms with Gasteiger partial charge in [0.1, 0.15) is 30.0 Å². The highest BCUT2D eigenvalue weighted by Crippen LogP contribution is 2.48. The van der Waals surface area contributed by atoms with Gasteiger partial charge in [0.2, 0.25) is 0 Å². The summed E-state index contributed by atoms with van der Waals surface area (Å²) in [4.78, 5) is 2.16. The Morgan fingerprint density at radius 3 is 2.43 bits per heavy atom. The van der Waals surface area contributed by atoms with E-state index in [9.17, 15) is 18.3 Å². The van der Waals surface area contributed by atoms with Crippen molar-refractivity contribution in [2.45, 2.75) is 13.0 Å². The van der Waals surface area contributed by atoms with Gasteiger partial charge in [-0.05, 0) is 54.0 Å². The van der Waals surface area contributed by atoms with Crippen molar-refractivity contribution in [1.29, 1.82) is 0 Å². The van der Waals surface area contributed by atoms with Gasteiger partial charge in [0.15, 0.2) is 11.6 Å². The summed E-state index contributed by atoms with van der Waals surface area (Å²) >= 11 is 0. The molecular weight excluding hydrogens is 455 g/mol. The van der Waals surface area contributed by atoms with E-state index in [1.807, 2.05) is 31.2 Å². The molecule has 35 heavy (non-hydrogen) atoms. The summed E-state index contributed by atoms with van der Waals surface area (Å²) in [6.45, 7) is 4.41. The number of phenols is 1. The number of hydrogen-bond acceptors (Lipinski definition) is 4. The van der Waals surface area contributed by atoms with Gasteiger partial charge in [-0.15, -0.1) is 0 Å². The van der Waals surface area contributed by atoms with Crippen LogP contribution in [-0.4, -0.2) is 42.9 Å². The number of halogens is 3. The van der Waals surface area contributed by atoms with E-state index >= 15 is 0 Å². The van der Waals surface area contributed by atoms with Gasteiger partial charge in [-0.3, -0.25) is 9.29 Å². The number of aromatic hydroxyl groups is 1. The number of alkyl halides is 1. The summed E-state index contributed by atoms with van der Waals surface area (Å²) in [6, 6.07) is 16.1. The van der Waals surface area contributed by atoms with Crippen LogP contribution in [-0.2, 0) is 0 Å². The van der Waals surface area contributed by atoms with Gasteiger partial charge in [0.25, 0.3) is 0 Å². The van der Waals surface area contributed by atoms with E-state index in [0.29, 0.717) is 23.7 Å². The van der Waals surface area contributed by atoms with Crippen LogP contribution in [0.1, 0.15) is 29.7 Å². The predicted molar refractivity (Wildman–Crippen MR) is 128 cm³/mol. The van der Waals surface area contributed by atoms with Crippen LogP contribution >= 0.6 is 0 Å². The number of likely N-dealkylation sites (tertiary alicyclic amines) is 1. The summed E-state index contributed by atoms with van der Waals surface area (Å²) in [5, 5.41) is 9.91. The zero-order chi connectivity index (χ0) is 24.5. The maximum Gasteiger partial charge on any atom is 0.168 e. The molecule has 2 heterocycles. The normalized spacial score (nSPS) is 18.1. The third kappa shape index (κ3) is 4.73. The Labute approximate surface area is 202 Å². The van der Waals surface area contributed by atoms with Crippen molar-refractivity contribution >= 4 is 11.1 Å². The Morgan fingerprint density at radius 2 is 1.74 bits per heavy atom. The lowest BCUT2D eigenvalue weighted by atomic mass is 9.86. The maximum absolute atomic E-state index is 14.1. The highest BCUT2D eigenvalue weighted by atomic mass is 19.1. The Balaban J connectivity index is 1.39. The minimum atomic E-state index is -0.760. The number of rotatable bonds is 7. The second kappa shape index (κ2) is 9.66. The van der Waals surface area contributed by atoms with E-state index in [1.165, 1.54) is 24.3 Å². The van der Waals surface area contributed by atoms with E-state index in [1.54, 1.807) is 12.1 Å². The Hall–Kier alpha value is -3.45. The molecule has 0 spiro atoms. The molecule has 0 aromatic heterocycles. The molecule has 1 saturated heterocycles. The van der Waals surface area contributed by atoms with Gasteiger partial charge < -0.3 is 14.6 Å². The van der Waals surface area contributed by atoms with Crippen LogP contribution in [0.25, 0.3) is 11.1 Å². The first-order valence-electron chi connectivity index (χ1n) is 11.6. The van der Waals surface area contributed by atoms with Gasteiger partial charge in [-0.1, -0.05) is 24.3 Å². The number of ether oxygens (including phenoxy) is 2. The largest absolute Gasteiger partial charge is 0.505 e. The predicted octanol–water partition coefficient (Wildman–Crippen LogP) is 6.01. The number of hydrogen-bond donors (Lipinski definition) is 1. The second-order valence-corrected chi connectivity index (χ2v) is 9.04. The van der Waals surface area contributed by atoms with Gasteiger partial charge >= 0.3 is 0 Å². The highest BCUT2D eigenvalue weighted by molar-refractivity contribution is 5.95. The average Bonchev–Trinajstić information content (AvgIpc) is 2.83. The molecule has 3 aromatic rings. The monoisotopic (exact) mass is 481 g/mol. The maximum atomic E-state index is 14.1. The first kappa shape index (κ1) is 23.3. The molecule has 0 radical (unpaired) electrons. The van der Waals surface area contributed by atoms with E-state index in [4.69, 9.17) is 9.47 Å². The van der Waals surface area contributed by atoms with E-state index < -0.39 is 17.7 Å². The van der Waals surface area contributed by atoms with Crippen LogP contribution in [0.15, 0.2) is 60.7 Å². The van der Waals surface area contributed by atoms with Crippen LogP contribution < -0.4 is 9.47 Å². The molecule has 0 amide bonds. The number of fused-ring (bicyclic) bond motifs is 1. The molecule has 7 heteroatoms. The van der Waals surface area contributed by atoms with Crippen molar-refractivity contribution in [2.75, 3.05) is 32.9 Å². The number of nitrogens with zero attached hydrogens (tertiary/aromatic N) is 1. The standard InChI is InChI=1S/C28H26F3NO3/c1-17-23-12-25(33)24(31)13-26(23)35-28(27(17)19-2-6-21(30)7-3-19)20-4-8-22(9-5-20)34-11-10-32-15-18(14-29)16-32/h2-9,12-13,18,28,33H,10-11,14-16H2,1H3. The van der Waals surface area contributed by atoms with Crippen molar-refractivity contribution in [1.82, 2.24) is 4.90 Å². The van der Waals surface area contributed by atoms with Crippen molar-refractivity contribution in [3.63, 3.8) is 0 Å². The van der Waals surface area contributed by atoms with Crippen molar-refractivity contribution < 1.29 is 27.8 Å². The molecule has 1 N–H and O–H groups in total. The lowest BCUT2D eigenvalue weighted by Crippen LogP contribution is -2.49. The molecule has 2 aliphatic rings. The van der Waals surface area contributed by atoms with E-state index in [0.717, 1.165) is 41.9 Å². The molecule has 182 valence electrons. The molecule has 3 aromatic carbocycles. The van der Waals surface area contributed by atoms with Crippen LogP contribution in [0.4, 0.5) is 13.2 Å². The van der Waals surface area contributed by atoms with Crippen molar-refractivity contribution in [3.8, 4) is 17.2 Å². The summed E-state index contributed by atoms with van der Waals surface area (Å²) in [5.74, 6) is -0.380. The van der Waals surface area contributed by atoms with E-state index in [2.05, 4.69) is 4.90 Å². The molecule has 0 saturated carbocycles. The fourth-order valence-electron chi connectivity index (χ4n) is 4.68. The molecular formula is C28H26F3NO3. The van der Waals surface area contributed by atoms with Crippen LogP contribution in [0.3, 0.4) is 0 Å². The van der Waals surface area contributed by atoms with Gasteiger partial charge in [-0.2, -0.15) is 0 Å². The second-order valence-electron chi connectivity index (χ2n) is 9.04. The van der Waals surface area contributed by atoms with Crippen LogP contribution in [0.5, 0.6) is 17.2 Å². The molecule has 1 atom stereocenters. The van der Waals surface area contributed by atoms with Gasteiger partial charge in [0.05, 0.1) is 6.67 Å². The zero-order valence-corrected chi connectivity index (χ0v) is 19.3. The Kier molecular flexibility index (Phi) is 6.43. The number of phenolic OH excluding ortho intramolecular Hbond substituents is 1. The molecule has 0 bridgehead atoms. The Morgan fingerprint density at radius 1 is 1.03 bits per heavy atom. The third-order valence-electron chi connectivity index (χ3n) is 6.63. The quantitative estimate of drug-likeness (QED) is 0.449. The fourth-order valence-corrected chi connectivity index (χ4v) is 4.68. The van der Waals surface area contributed by atoms with Gasteiger partial charge in [0, 0.05) is 42.8 Å². The number of benzene rings is 3. The molecule has 4 nitrogen and oxygen atoms in total. The summed E-state index contributed by atoms with van der Waals surface area (Å²) in [6.07, 6.45) is -0.565.